The summed E-state index contributed by atoms with van der Waals surface area (Å²) in [5.41, 5.74) is 3.08. The van der Waals surface area contributed by atoms with Gasteiger partial charge in [0.05, 0.1) is 29.1 Å². The number of aromatic nitrogens is 2. The molecule has 0 aliphatic heterocycles. The van der Waals surface area contributed by atoms with Gasteiger partial charge < -0.3 is 19.9 Å². The number of carbonyl (C=O) groups excluding carboxylic acids is 2. The van der Waals surface area contributed by atoms with E-state index in [2.05, 4.69) is 15.6 Å². The van der Waals surface area contributed by atoms with Crippen molar-refractivity contribution in [3.8, 4) is 11.1 Å². The Kier molecular flexibility index (Phi) is 8.34. The molecular formula is C26H32N4O6S2. The average molecular weight is 561 g/mol. The summed E-state index contributed by atoms with van der Waals surface area (Å²) in [5.74, 6) is -1.53. The SMILES string of the molecule is COCCS(=O)(=O)C(C(=O)NCC(=O)NC1CC1)c1nc2cc(C)c(-c3ccc(=O)n(C(C)C)c3)cc2s1. The monoisotopic (exact) mass is 560 g/mol. The van der Waals surface area contributed by atoms with Crippen LogP contribution in [-0.2, 0) is 24.2 Å². The normalized spacial score (nSPS) is 14.6. The summed E-state index contributed by atoms with van der Waals surface area (Å²) in [4.78, 5) is 42.0. The number of sulfone groups is 1. The van der Waals surface area contributed by atoms with Gasteiger partial charge >= 0.3 is 0 Å². The maximum atomic E-state index is 13.2. The Bertz CT molecular complexity index is 1520. The third kappa shape index (κ3) is 6.30. The van der Waals surface area contributed by atoms with Crippen molar-refractivity contribution in [2.24, 2.45) is 0 Å². The molecule has 4 rings (SSSR count). The van der Waals surface area contributed by atoms with Crippen molar-refractivity contribution in [1.29, 1.82) is 0 Å². The highest BCUT2D eigenvalue weighted by Gasteiger charge is 2.37. The molecule has 12 heteroatoms. The van der Waals surface area contributed by atoms with E-state index in [1.807, 2.05) is 32.9 Å². The topological polar surface area (TPSA) is 136 Å². The lowest BCUT2D eigenvalue weighted by molar-refractivity contribution is -0.126. The first-order valence-electron chi connectivity index (χ1n) is 12.4. The summed E-state index contributed by atoms with van der Waals surface area (Å²) in [5, 5.41) is 3.79. The van der Waals surface area contributed by atoms with Gasteiger partial charge in [-0.15, -0.1) is 11.3 Å². The number of hydrogen-bond acceptors (Lipinski definition) is 8. The van der Waals surface area contributed by atoms with Crippen molar-refractivity contribution < 1.29 is 22.7 Å². The van der Waals surface area contributed by atoms with Crippen molar-refractivity contribution >= 4 is 43.2 Å². The molecule has 38 heavy (non-hydrogen) atoms. The number of thiazole rings is 1. The number of pyridine rings is 1. The van der Waals surface area contributed by atoms with Crippen molar-refractivity contribution in [3.05, 3.63) is 51.4 Å². The van der Waals surface area contributed by atoms with Crippen molar-refractivity contribution in [3.63, 3.8) is 0 Å². The van der Waals surface area contributed by atoms with Gasteiger partial charge in [0.1, 0.15) is 5.01 Å². The molecule has 1 aliphatic carbocycles. The maximum Gasteiger partial charge on any atom is 0.250 e. The van der Waals surface area contributed by atoms with Crippen LogP contribution in [0.25, 0.3) is 21.3 Å². The minimum atomic E-state index is -3.99. The van der Waals surface area contributed by atoms with Crippen LogP contribution in [0.2, 0.25) is 0 Å². The molecule has 1 fully saturated rings. The number of fused-ring (bicyclic) bond motifs is 1. The zero-order valence-electron chi connectivity index (χ0n) is 21.8. The Balaban J connectivity index is 1.69. The number of rotatable bonds is 11. The van der Waals surface area contributed by atoms with E-state index >= 15 is 0 Å². The Hall–Kier alpha value is -3.09. The summed E-state index contributed by atoms with van der Waals surface area (Å²) in [7, 11) is -2.61. The van der Waals surface area contributed by atoms with Crippen LogP contribution in [0.3, 0.4) is 0 Å². The molecule has 10 nitrogen and oxygen atoms in total. The molecule has 0 bridgehead atoms. The Morgan fingerprint density at radius 1 is 1.24 bits per heavy atom. The second-order valence-corrected chi connectivity index (χ2v) is 13.0. The molecule has 2 N–H and O–H groups in total. The number of hydrogen-bond donors (Lipinski definition) is 2. The fourth-order valence-electron chi connectivity index (χ4n) is 4.10. The first kappa shape index (κ1) is 27.9. The lowest BCUT2D eigenvalue weighted by atomic mass is 10.0. The van der Waals surface area contributed by atoms with E-state index in [0.29, 0.717) is 10.2 Å². The van der Waals surface area contributed by atoms with Crippen LogP contribution < -0.4 is 16.2 Å². The number of benzene rings is 1. The molecule has 0 saturated heterocycles. The summed E-state index contributed by atoms with van der Waals surface area (Å²) in [6.45, 7) is 5.39. The number of aryl methyl sites for hydroxylation is 1. The van der Waals surface area contributed by atoms with Crippen LogP contribution in [0.4, 0.5) is 0 Å². The van der Waals surface area contributed by atoms with E-state index in [4.69, 9.17) is 4.74 Å². The number of ether oxygens (including phenoxy) is 1. The minimum Gasteiger partial charge on any atom is -0.384 e. The smallest absolute Gasteiger partial charge is 0.250 e. The highest BCUT2D eigenvalue weighted by atomic mass is 32.2. The van der Waals surface area contributed by atoms with Crippen molar-refractivity contribution in [2.45, 2.75) is 50.9 Å². The Morgan fingerprint density at radius 3 is 2.63 bits per heavy atom. The van der Waals surface area contributed by atoms with Gasteiger partial charge in [-0.2, -0.15) is 0 Å². The predicted octanol–water partition coefficient (Wildman–Crippen LogP) is 2.51. The quantitative estimate of drug-likeness (QED) is 0.368. The molecule has 2 heterocycles. The molecule has 2 amide bonds. The number of amides is 2. The third-order valence-electron chi connectivity index (χ3n) is 6.32. The fraction of sp³-hybridized carbons (Fsp3) is 0.462. The zero-order chi connectivity index (χ0) is 27.6. The van der Waals surface area contributed by atoms with E-state index in [-0.39, 0.29) is 47.5 Å². The third-order valence-corrected chi connectivity index (χ3v) is 9.44. The van der Waals surface area contributed by atoms with Gasteiger partial charge in [0.15, 0.2) is 15.1 Å². The molecule has 1 aliphatic rings. The molecule has 204 valence electrons. The van der Waals surface area contributed by atoms with E-state index in [1.54, 1.807) is 16.8 Å². The second kappa shape index (κ2) is 11.3. The zero-order valence-corrected chi connectivity index (χ0v) is 23.4. The highest BCUT2D eigenvalue weighted by Crippen LogP contribution is 2.35. The van der Waals surface area contributed by atoms with E-state index in [1.165, 1.54) is 13.2 Å². The average Bonchev–Trinajstić information content (AvgIpc) is 3.58. The summed E-state index contributed by atoms with van der Waals surface area (Å²) >= 11 is 1.12. The maximum absolute atomic E-state index is 13.2. The van der Waals surface area contributed by atoms with Gasteiger partial charge in [0.25, 0.3) is 5.56 Å². The van der Waals surface area contributed by atoms with Crippen molar-refractivity contribution in [2.75, 3.05) is 26.0 Å². The van der Waals surface area contributed by atoms with Crippen LogP contribution >= 0.6 is 11.3 Å². The summed E-state index contributed by atoms with van der Waals surface area (Å²) in [6, 6.07) is 7.15. The van der Waals surface area contributed by atoms with Crippen LogP contribution in [0, 0.1) is 6.92 Å². The Morgan fingerprint density at radius 2 is 1.97 bits per heavy atom. The largest absolute Gasteiger partial charge is 0.384 e. The molecule has 1 unspecified atom stereocenters. The molecule has 1 saturated carbocycles. The lowest BCUT2D eigenvalue weighted by Crippen LogP contribution is -2.41. The lowest BCUT2D eigenvalue weighted by Gasteiger charge is -2.15. The Labute approximate surface area is 225 Å². The van der Waals surface area contributed by atoms with Gasteiger partial charge in [0, 0.05) is 31.5 Å². The highest BCUT2D eigenvalue weighted by molar-refractivity contribution is 7.92. The predicted molar refractivity (Wildman–Crippen MR) is 147 cm³/mol. The number of nitrogens with one attached hydrogen (secondary N) is 2. The number of carbonyl (C=O) groups is 2. The van der Waals surface area contributed by atoms with Gasteiger partial charge in [-0.1, -0.05) is 0 Å². The molecule has 0 spiro atoms. The number of methoxy groups -OCH3 is 1. The van der Waals surface area contributed by atoms with Crippen LogP contribution in [0.1, 0.15) is 48.6 Å². The fourth-order valence-corrected chi connectivity index (χ4v) is 7.06. The van der Waals surface area contributed by atoms with E-state index in [9.17, 15) is 22.8 Å². The summed E-state index contributed by atoms with van der Waals surface area (Å²) < 4.78 is 33.7. The molecular weight excluding hydrogens is 528 g/mol. The van der Waals surface area contributed by atoms with Gasteiger partial charge in [-0.3, -0.25) is 14.4 Å². The van der Waals surface area contributed by atoms with Crippen LogP contribution in [0.15, 0.2) is 35.3 Å². The first-order valence-corrected chi connectivity index (χ1v) is 14.9. The molecule has 0 radical (unpaired) electrons. The van der Waals surface area contributed by atoms with Gasteiger partial charge in [-0.25, -0.2) is 13.4 Å². The van der Waals surface area contributed by atoms with Crippen LogP contribution in [-0.4, -0.2) is 61.8 Å². The number of nitrogens with zero attached hydrogens (tertiary/aromatic N) is 2. The molecule has 2 aromatic heterocycles. The van der Waals surface area contributed by atoms with Crippen molar-refractivity contribution in [1.82, 2.24) is 20.2 Å². The van der Waals surface area contributed by atoms with E-state index in [0.717, 1.165) is 40.9 Å². The molecule has 3 aromatic rings. The van der Waals surface area contributed by atoms with E-state index < -0.39 is 21.0 Å². The first-order chi connectivity index (χ1) is 18.0. The standard InChI is InChI=1S/C26H32N4O6S2/c1-15(2)30-14-17(5-8-23(30)32)19-12-21-20(11-16(19)3)29-26(37-21)24(38(34,35)10-9-36-4)25(33)27-13-22(31)28-18-6-7-18/h5,8,11-12,14-15,18,24H,6-7,9-10,13H2,1-4H3,(H,27,33)(H,28,31). The molecule has 1 atom stereocenters. The summed E-state index contributed by atoms with van der Waals surface area (Å²) in [6.07, 6.45) is 3.61. The van der Waals surface area contributed by atoms with Gasteiger partial charge in [-0.05, 0) is 68.5 Å². The van der Waals surface area contributed by atoms with Gasteiger partial charge in [0.2, 0.25) is 11.8 Å². The second-order valence-electron chi connectivity index (χ2n) is 9.74. The molecule has 1 aromatic carbocycles. The minimum absolute atomic E-state index is 0.00979. The van der Waals surface area contributed by atoms with Crippen LogP contribution in [0.5, 0.6) is 0 Å².